The highest BCUT2D eigenvalue weighted by atomic mass is 16.7. The Morgan fingerprint density at radius 3 is 0.929 bits per heavy atom. The third kappa shape index (κ3) is 68.6. The van der Waals surface area contributed by atoms with E-state index in [4.69, 9.17) is 18.9 Å². The van der Waals surface area contributed by atoms with Gasteiger partial charge in [-0.25, -0.2) is 0 Å². The van der Waals surface area contributed by atoms with Crippen LogP contribution in [0.25, 0.3) is 0 Å². The second kappa shape index (κ2) is 67.2. The first-order valence-electron chi connectivity index (χ1n) is 36.8. The van der Waals surface area contributed by atoms with Crippen LogP contribution in [0.3, 0.4) is 0 Å². The van der Waals surface area contributed by atoms with Gasteiger partial charge in [0.1, 0.15) is 13.2 Å². The number of unbranched alkanes of at least 4 members (excludes halogenated alkanes) is 46. The maximum atomic E-state index is 12.9. The van der Waals surface area contributed by atoms with Crippen molar-refractivity contribution in [3.8, 4) is 0 Å². The molecule has 0 aliphatic carbocycles. The zero-order valence-electron chi connectivity index (χ0n) is 57.0. The van der Waals surface area contributed by atoms with Crippen LogP contribution in [-0.4, -0.2) is 82.3 Å². The number of nitrogens with zero attached hydrogens (tertiary/aromatic N) is 1. The lowest BCUT2D eigenvalue weighted by Crippen LogP contribution is -2.44. The quantitative estimate of drug-likeness (QED) is 0.0195. The second-order valence-electron chi connectivity index (χ2n) is 26.2. The molecule has 0 aromatic rings. The Hall–Kier alpha value is -2.75. The van der Waals surface area contributed by atoms with Gasteiger partial charge < -0.3 is 33.3 Å². The van der Waals surface area contributed by atoms with Crippen LogP contribution in [0.2, 0.25) is 0 Å². The van der Waals surface area contributed by atoms with Gasteiger partial charge in [-0.1, -0.05) is 319 Å². The molecule has 85 heavy (non-hydrogen) atoms. The van der Waals surface area contributed by atoms with E-state index in [0.717, 1.165) is 51.4 Å². The third-order valence-electron chi connectivity index (χ3n) is 16.5. The molecule has 0 heterocycles. The van der Waals surface area contributed by atoms with E-state index in [1.807, 2.05) is 21.1 Å². The number of rotatable bonds is 69. The molecule has 0 fully saturated rings. The van der Waals surface area contributed by atoms with Gasteiger partial charge in [0.2, 0.25) is 0 Å². The molecule has 0 bridgehead atoms. The third-order valence-corrected chi connectivity index (χ3v) is 16.5. The molecule has 0 radical (unpaired) electrons. The van der Waals surface area contributed by atoms with Crippen molar-refractivity contribution in [3.05, 3.63) is 48.6 Å². The first-order chi connectivity index (χ1) is 41.6. The monoisotopic (exact) mass is 1200 g/mol. The number of carbonyl (C=O) groups is 3. The number of hydrogen-bond acceptors (Lipinski definition) is 8. The van der Waals surface area contributed by atoms with E-state index < -0.39 is 24.3 Å². The number of esters is 2. The number of aliphatic carboxylic acids is 1. The number of quaternary nitrogens is 1. The molecule has 0 rings (SSSR count). The number of carbonyl (C=O) groups excluding carboxylic acids is 3. The Kier molecular flexibility index (Phi) is 65.0. The van der Waals surface area contributed by atoms with Gasteiger partial charge in [-0.3, -0.25) is 9.59 Å². The van der Waals surface area contributed by atoms with Crippen molar-refractivity contribution >= 4 is 17.9 Å². The highest BCUT2D eigenvalue weighted by molar-refractivity contribution is 5.70. The lowest BCUT2D eigenvalue weighted by atomic mass is 10.0. The number of ether oxygens (including phenoxy) is 4. The van der Waals surface area contributed by atoms with Crippen molar-refractivity contribution in [2.75, 3.05) is 47.5 Å². The first-order valence-corrected chi connectivity index (χ1v) is 36.8. The molecule has 2 unspecified atom stereocenters. The van der Waals surface area contributed by atoms with Crippen molar-refractivity contribution in [1.82, 2.24) is 0 Å². The van der Waals surface area contributed by atoms with E-state index in [1.165, 1.54) is 283 Å². The molecule has 0 aliphatic heterocycles. The number of hydrogen-bond donors (Lipinski definition) is 0. The minimum atomic E-state index is -1.62. The predicted molar refractivity (Wildman–Crippen MR) is 362 cm³/mol. The smallest absolute Gasteiger partial charge is 0.306 e. The second-order valence-corrected chi connectivity index (χ2v) is 26.2. The van der Waals surface area contributed by atoms with Crippen molar-refractivity contribution in [2.24, 2.45) is 0 Å². The average Bonchev–Trinajstić information content (AvgIpc) is 3.48. The molecule has 0 amide bonds. The van der Waals surface area contributed by atoms with Crippen molar-refractivity contribution < 1.29 is 42.9 Å². The van der Waals surface area contributed by atoms with Gasteiger partial charge in [0.25, 0.3) is 0 Å². The molecular weight excluding hydrogens is 1050 g/mol. The molecule has 0 N–H and O–H groups in total. The van der Waals surface area contributed by atoms with Crippen LogP contribution in [-0.2, 0) is 33.3 Å². The largest absolute Gasteiger partial charge is 0.545 e. The Morgan fingerprint density at radius 2 is 0.635 bits per heavy atom. The Bertz CT molecular complexity index is 1530. The summed E-state index contributed by atoms with van der Waals surface area (Å²) < 4.78 is 22.8. The van der Waals surface area contributed by atoms with E-state index in [0.29, 0.717) is 17.4 Å². The van der Waals surface area contributed by atoms with Gasteiger partial charge in [-0.05, 0) is 77.0 Å². The minimum absolute atomic E-state index is 0.149. The lowest BCUT2D eigenvalue weighted by Gasteiger charge is -2.26. The van der Waals surface area contributed by atoms with Crippen molar-refractivity contribution in [3.63, 3.8) is 0 Å². The summed E-state index contributed by atoms with van der Waals surface area (Å²) in [5.41, 5.74) is 0. The van der Waals surface area contributed by atoms with E-state index in [9.17, 15) is 19.5 Å². The summed E-state index contributed by atoms with van der Waals surface area (Å²) in [6, 6.07) is 0. The van der Waals surface area contributed by atoms with Crippen molar-refractivity contribution in [2.45, 2.75) is 373 Å². The fourth-order valence-electron chi connectivity index (χ4n) is 10.9. The standard InChI is InChI=1S/C76H141NO8/c1-6-8-10-12-14-16-18-20-22-24-26-28-30-32-33-34-35-36-37-38-39-40-41-43-45-47-49-51-53-55-57-59-61-63-65-67-74(79)85-72(71-84-76(75(80)81)82-69-68-77(3,4)5)70-83-73(78)66-64-62-60-58-56-54-52-50-48-46-44-42-31-29-27-25-23-21-19-17-15-13-11-9-7-2/h18-21,24-27,72,76H,6-17,22-23,28-71H2,1-5H3/b20-18-,21-19-,26-24-,27-25-. The van der Waals surface area contributed by atoms with Crippen LogP contribution in [0.4, 0.5) is 0 Å². The molecule has 0 saturated carbocycles. The van der Waals surface area contributed by atoms with E-state index in [2.05, 4.69) is 62.5 Å². The number of carboxylic acid groups (broad SMARTS) is 1. The number of carboxylic acids is 1. The maximum Gasteiger partial charge on any atom is 0.306 e. The van der Waals surface area contributed by atoms with Crippen LogP contribution in [0, 0.1) is 0 Å². The average molecular weight is 1200 g/mol. The molecule has 0 saturated heterocycles. The molecule has 0 aromatic heterocycles. The predicted octanol–water partition coefficient (Wildman–Crippen LogP) is 21.6. The van der Waals surface area contributed by atoms with Crippen LogP contribution < -0.4 is 5.11 Å². The van der Waals surface area contributed by atoms with Gasteiger partial charge >= 0.3 is 11.9 Å². The van der Waals surface area contributed by atoms with Gasteiger partial charge in [-0.15, -0.1) is 0 Å². The van der Waals surface area contributed by atoms with E-state index >= 15 is 0 Å². The van der Waals surface area contributed by atoms with Gasteiger partial charge in [0.05, 0.1) is 40.3 Å². The van der Waals surface area contributed by atoms with Crippen LogP contribution in [0.5, 0.6) is 0 Å². The normalized spacial score (nSPS) is 12.9. The zero-order valence-corrected chi connectivity index (χ0v) is 57.0. The van der Waals surface area contributed by atoms with Gasteiger partial charge in [0.15, 0.2) is 12.4 Å². The minimum Gasteiger partial charge on any atom is -0.545 e. The molecule has 2 atom stereocenters. The first kappa shape index (κ1) is 82.2. The Labute approximate surface area is 527 Å². The summed E-state index contributed by atoms with van der Waals surface area (Å²) >= 11 is 0. The van der Waals surface area contributed by atoms with Crippen LogP contribution >= 0.6 is 0 Å². The highest BCUT2D eigenvalue weighted by Gasteiger charge is 2.22. The number of likely N-dealkylation sites (N-methyl/N-ethyl adjacent to an activating group) is 1. The number of allylic oxidation sites excluding steroid dienone is 8. The van der Waals surface area contributed by atoms with Crippen molar-refractivity contribution in [1.29, 1.82) is 0 Å². The van der Waals surface area contributed by atoms with Crippen LogP contribution in [0.1, 0.15) is 361 Å². The highest BCUT2D eigenvalue weighted by Crippen LogP contribution is 2.19. The molecule has 498 valence electrons. The fraction of sp³-hybridized carbons (Fsp3) is 0.855. The van der Waals surface area contributed by atoms with Gasteiger partial charge in [0, 0.05) is 12.8 Å². The van der Waals surface area contributed by atoms with Crippen LogP contribution in [0.15, 0.2) is 48.6 Å². The van der Waals surface area contributed by atoms with E-state index in [-0.39, 0.29) is 32.2 Å². The van der Waals surface area contributed by atoms with E-state index in [1.54, 1.807) is 0 Å². The molecule has 0 aromatic carbocycles. The molecule has 9 heteroatoms. The molecule has 0 aliphatic rings. The SMILES string of the molecule is CCCCCCC/C=C\C/C=C\CCCCCCCCCCCCCCCCCCCCCCCCCC(=O)OC(COC(=O)CCCCCCCCCCCCCCC/C=C\C/C=C\CCCCCCC)COC(OCC[N+](C)(C)C)C(=O)[O-]. The lowest BCUT2D eigenvalue weighted by molar-refractivity contribution is -0.870. The summed E-state index contributed by atoms with van der Waals surface area (Å²) in [6.45, 7) is 4.79. The molecular formula is C76H141NO8. The van der Waals surface area contributed by atoms with Gasteiger partial charge in [-0.2, -0.15) is 0 Å². The molecule has 0 spiro atoms. The zero-order chi connectivity index (χ0) is 61.9. The maximum absolute atomic E-state index is 12.9. The molecule has 9 nitrogen and oxygen atoms in total. The Balaban J connectivity index is 4.02. The fourth-order valence-corrected chi connectivity index (χ4v) is 10.9. The summed E-state index contributed by atoms with van der Waals surface area (Å²) in [5, 5.41) is 11.8. The Morgan fingerprint density at radius 1 is 0.353 bits per heavy atom. The summed E-state index contributed by atoms with van der Waals surface area (Å²) in [5.74, 6) is -2.26. The summed E-state index contributed by atoms with van der Waals surface area (Å²) in [6.07, 6.45) is 83.5. The summed E-state index contributed by atoms with van der Waals surface area (Å²) in [4.78, 5) is 37.5. The topological polar surface area (TPSA) is 111 Å². The summed E-state index contributed by atoms with van der Waals surface area (Å²) in [7, 11) is 5.94.